The van der Waals surface area contributed by atoms with Crippen molar-refractivity contribution >= 4 is 0 Å². The van der Waals surface area contributed by atoms with E-state index < -0.39 is 23.0 Å². The molecule has 0 radical (unpaired) electrons. The topological polar surface area (TPSA) is 107 Å². The van der Waals surface area contributed by atoms with E-state index in [9.17, 15) is 20.4 Å². The molecule has 0 unspecified atom stereocenters. The third kappa shape index (κ3) is 2.05. The first kappa shape index (κ1) is 11.0. The Morgan fingerprint density at radius 1 is 0.882 bits per heavy atom. The highest BCUT2D eigenvalue weighted by atomic mass is 16.3. The van der Waals surface area contributed by atoms with Crippen LogP contribution >= 0.6 is 0 Å². The fraction of sp³-hybridized carbons (Fsp3) is 0.0909. The quantitative estimate of drug-likeness (QED) is 0.454. The molecule has 0 saturated carbocycles. The highest BCUT2D eigenvalue weighted by Gasteiger charge is 2.16. The van der Waals surface area contributed by atoms with Crippen LogP contribution in [0.15, 0.2) is 24.5 Å². The van der Waals surface area contributed by atoms with E-state index in [2.05, 4.69) is 9.97 Å². The second kappa shape index (κ2) is 4.17. The largest absolute Gasteiger partial charge is 0.504 e. The number of aromatic hydroxyl groups is 4. The van der Waals surface area contributed by atoms with Gasteiger partial charge >= 0.3 is 0 Å². The fourth-order valence-electron chi connectivity index (χ4n) is 1.41. The van der Waals surface area contributed by atoms with E-state index in [-0.39, 0.29) is 12.0 Å². The minimum absolute atomic E-state index is 0.133. The molecule has 0 aliphatic rings. The van der Waals surface area contributed by atoms with Crippen molar-refractivity contribution in [3.63, 3.8) is 0 Å². The lowest BCUT2D eigenvalue weighted by atomic mass is 10.1. The predicted molar refractivity (Wildman–Crippen MR) is 57.9 cm³/mol. The smallest absolute Gasteiger partial charge is 0.204 e. The molecule has 0 amide bonds. The van der Waals surface area contributed by atoms with Gasteiger partial charge in [0, 0.05) is 24.4 Å². The van der Waals surface area contributed by atoms with Crippen molar-refractivity contribution in [1.82, 2.24) is 9.97 Å². The Labute approximate surface area is 96.5 Å². The van der Waals surface area contributed by atoms with Crippen molar-refractivity contribution in [3.05, 3.63) is 35.9 Å². The molecule has 0 bridgehead atoms. The highest BCUT2D eigenvalue weighted by Crippen LogP contribution is 2.44. The number of hydrogen-bond acceptors (Lipinski definition) is 6. The summed E-state index contributed by atoms with van der Waals surface area (Å²) in [6, 6.07) is 2.80. The second-order valence-electron chi connectivity index (χ2n) is 3.44. The van der Waals surface area contributed by atoms with Gasteiger partial charge in [-0.15, -0.1) is 0 Å². The van der Waals surface area contributed by atoms with Gasteiger partial charge < -0.3 is 20.4 Å². The van der Waals surface area contributed by atoms with Crippen LogP contribution in [0.25, 0.3) is 0 Å². The zero-order chi connectivity index (χ0) is 12.4. The standard InChI is InChI=1S/C11H10N2O4/c14-7-4-6(9(15)11(17)10(7)16)5-8-12-2-1-3-13-8/h1-4,14-17H,5H2. The summed E-state index contributed by atoms with van der Waals surface area (Å²) in [6.45, 7) is 0. The van der Waals surface area contributed by atoms with Crippen LogP contribution in [0.2, 0.25) is 0 Å². The molecule has 6 nitrogen and oxygen atoms in total. The SMILES string of the molecule is Oc1cc(Cc2ncccn2)c(O)c(O)c1O. The second-order valence-corrected chi connectivity index (χ2v) is 3.44. The summed E-state index contributed by atoms with van der Waals surface area (Å²) in [4.78, 5) is 7.90. The highest BCUT2D eigenvalue weighted by molar-refractivity contribution is 5.60. The van der Waals surface area contributed by atoms with Crippen LogP contribution in [0.1, 0.15) is 11.4 Å². The van der Waals surface area contributed by atoms with E-state index >= 15 is 0 Å². The molecule has 2 rings (SSSR count). The number of benzene rings is 1. The molecule has 6 heteroatoms. The summed E-state index contributed by atoms with van der Waals surface area (Å²) in [5.41, 5.74) is 0.226. The van der Waals surface area contributed by atoms with Gasteiger partial charge in [0.2, 0.25) is 11.5 Å². The molecule has 1 aromatic carbocycles. The maximum atomic E-state index is 9.59. The lowest BCUT2D eigenvalue weighted by molar-refractivity contribution is 0.343. The van der Waals surface area contributed by atoms with Gasteiger partial charge in [0.05, 0.1) is 0 Å². The minimum Gasteiger partial charge on any atom is -0.504 e. The van der Waals surface area contributed by atoms with Gasteiger partial charge in [-0.05, 0) is 12.1 Å². The predicted octanol–water partition coefficient (Wildman–Crippen LogP) is 0.890. The third-order valence-electron chi connectivity index (χ3n) is 2.27. The maximum absolute atomic E-state index is 9.59. The van der Waals surface area contributed by atoms with Crippen LogP contribution in [-0.4, -0.2) is 30.4 Å². The van der Waals surface area contributed by atoms with Gasteiger partial charge in [0.15, 0.2) is 11.5 Å². The van der Waals surface area contributed by atoms with Crippen LogP contribution in [0.5, 0.6) is 23.0 Å². The molecule has 2 aromatic rings. The Morgan fingerprint density at radius 3 is 2.18 bits per heavy atom. The summed E-state index contributed by atoms with van der Waals surface area (Å²) >= 11 is 0. The number of hydrogen-bond donors (Lipinski definition) is 4. The average molecular weight is 234 g/mol. The lowest BCUT2D eigenvalue weighted by Gasteiger charge is -2.08. The molecule has 17 heavy (non-hydrogen) atoms. The van der Waals surface area contributed by atoms with E-state index in [0.717, 1.165) is 6.07 Å². The summed E-state index contributed by atoms with van der Waals surface area (Å²) in [7, 11) is 0. The number of phenols is 4. The molecular formula is C11H10N2O4. The van der Waals surface area contributed by atoms with Crippen molar-refractivity contribution in [2.45, 2.75) is 6.42 Å². The summed E-state index contributed by atoms with van der Waals surface area (Å²) in [5, 5.41) is 37.4. The van der Waals surface area contributed by atoms with Gasteiger partial charge in [0.25, 0.3) is 0 Å². The molecule has 0 aliphatic heterocycles. The van der Waals surface area contributed by atoms with Gasteiger partial charge in [-0.3, -0.25) is 0 Å². The number of aromatic nitrogens is 2. The first-order valence-electron chi connectivity index (χ1n) is 4.81. The summed E-state index contributed by atoms with van der Waals surface area (Å²) in [5.74, 6) is -2.08. The lowest BCUT2D eigenvalue weighted by Crippen LogP contribution is -1.95. The summed E-state index contributed by atoms with van der Waals surface area (Å²) < 4.78 is 0. The Bertz CT molecular complexity index is 543. The number of rotatable bonds is 2. The molecule has 0 fully saturated rings. The van der Waals surface area contributed by atoms with Crippen molar-refractivity contribution in [3.8, 4) is 23.0 Å². The molecule has 0 saturated heterocycles. The molecule has 0 aliphatic carbocycles. The zero-order valence-electron chi connectivity index (χ0n) is 8.70. The van der Waals surface area contributed by atoms with Crippen LogP contribution < -0.4 is 0 Å². The van der Waals surface area contributed by atoms with Crippen molar-refractivity contribution in [2.75, 3.05) is 0 Å². The van der Waals surface area contributed by atoms with Crippen molar-refractivity contribution in [1.29, 1.82) is 0 Å². The van der Waals surface area contributed by atoms with Crippen LogP contribution in [0.4, 0.5) is 0 Å². The maximum Gasteiger partial charge on any atom is 0.204 e. The average Bonchev–Trinajstić information content (AvgIpc) is 2.35. The Morgan fingerprint density at radius 2 is 1.53 bits per heavy atom. The third-order valence-corrected chi connectivity index (χ3v) is 2.27. The molecule has 0 atom stereocenters. The van der Waals surface area contributed by atoms with Crippen LogP contribution in [0.3, 0.4) is 0 Å². The number of nitrogens with zero attached hydrogens (tertiary/aromatic N) is 2. The van der Waals surface area contributed by atoms with Gasteiger partial charge in [-0.2, -0.15) is 0 Å². The molecule has 4 N–H and O–H groups in total. The van der Waals surface area contributed by atoms with Crippen molar-refractivity contribution in [2.24, 2.45) is 0 Å². The van der Waals surface area contributed by atoms with E-state index in [1.165, 1.54) is 0 Å². The van der Waals surface area contributed by atoms with E-state index in [4.69, 9.17) is 0 Å². The molecule has 0 spiro atoms. The van der Waals surface area contributed by atoms with E-state index in [1.54, 1.807) is 18.5 Å². The van der Waals surface area contributed by atoms with Crippen LogP contribution in [-0.2, 0) is 6.42 Å². The van der Waals surface area contributed by atoms with Crippen molar-refractivity contribution < 1.29 is 20.4 Å². The molecular weight excluding hydrogens is 224 g/mol. The zero-order valence-corrected chi connectivity index (χ0v) is 8.70. The molecule has 88 valence electrons. The van der Waals surface area contributed by atoms with Gasteiger partial charge in [-0.1, -0.05) is 0 Å². The Kier molecular flexibility index (Phi) is 2.70. The summed E-state index contributed by atoms with van der Waals surface area (Å²) in [6.07, 6.45) is 3.22. The Hall–Kier alpha value is -2.50. The number of phenolic OH excluding ortho intramolecular Hbond substituents is 4. The van der Waals surface area contributed by atoms with E-state index in [1.807, 2.05) is 0 Å². The van der Waals surface area contributed by atoms with Gasteiger partial charge in [-0.25, -0.2) is 9.97 Å². The fourth-order valence-corrected chi connectivity index (χ4v) is 1.41. The first-order valence-corrected chi connectivity index (χ1v) is 4.81. The normalized spacial score (nSPS) is 10.4. The van der Waals surface area contributed by atoms with Gasteiger partial charge in [0.1, 0.15) is 5.82 Å². The van der Waals surface area contributed by atoms with Crippen LogP contribution in [0, 0.1) is 0 Å². The monoisotopic (exact) mass is 234 g/mol. The Balaban J connectivity index is 2.41. The molecule has 1 aromatic heterocycles. The minimum atomic E-state index is -0.754. The molecule has 1 heterocycles. The van der Waals surface area contributed by atoms with E-state index in [0.29, 0.717) is 5.82 Å². The first-order chi connectivity index (χ1) is 8.09.